The minimum Gasteiger partial charge on any atom is -0.463 e. The van der Waals surface area contributed by atoms with E-state index in [0.29, 0.717) is 5.57 Å². The fourth-order valence-electron chi connectivity index (χ4n) is 4.11. The third-order valence-corrected chi connectivity index (χ3v) is 5.97. The summed E-state index contributed by atoms with van der Waals surface area (Å²) in [4.78, 5) is 27.3. The van der Waals surface area contributed by atoms with Gasteiger partial charge in [-0.25, -0.2) is 9.59 Å². The fraction of sp³-hybridized carbons (Fsp3) is 0.778. The van der Waals surface area contributed by atoms with Crippen molar-refractivity contribution in [2.45, 2.75) is 57.8 Å². The lowest BCUT2D eigenvalue weighted by Gasteiger charge is -2.32. The first-order valence-electron chi connectivity index (χ1n) is 8.84. The van der Waals surface area contributed by atoms with E-state index in [1.54, 1.807) is 19.9 Å². The number of ether oxygens (including phenoxy) is 2. The minimum absolute atomic E-state index is 0.113. The summed E-state index contributed by atoms with van der Waals surface area (Å²) >= 11 is 0. The van der Waals surface area contributed by atoms with Crippen LogP contribution in [0.15, 0.2) is 11.6 Å². The third kappa shape index (κ3) is 2.97. The van der Waals surface area contributed by atoms with Crippen LogP contribution in [0, 0.1) is 11.8 Å². The maximum Gasteiger partial charge on any atom is 0.338 e. The molecule has 3 rings (SSSR count). The van der Waals surface area contributed by atoms with Crippen LogP contribution in [0.4, 0.5) is 0 Å². The molecule has 0 spiro atoms. The number of rotatable bonds is 0. The second-order valence-electron chi connectivity index (χ2n) is 7.47. The van der Waals surface area contributed by atoms with Crippen molar-refractivity contribution >= 4 is 11.9 Å². The standard InChI is InChI=1S/C18H27NO5/c1-4-12-9-11(2)18(3,22)17(21)23-10-13-5-7-19-8-6-14(15(13)19)24-16(12)20/h4,11,13-15,22H,5-10H2,1-3H3/b12-4+/t11-,13+,14+,15?,18+/m0/s1. The summed E-state index contributed by atoms with van der Waals surface area (Å²) in [6.45, 7) is 7.11. The average Bonchev–Trinajstić information content (AvgIpc) is 3.12. The lowest BCUT2D eigenvalue weighted by Crippen LogP contribution is -2.46. The van der Waals surface area contributed by atoms with Crippen molar-refractivity contribution < 1.29 is 24.2 Å². The Morgan fingerprint density at radius 1 is 1.29 bits per heavy atom. The van der Waals surface area contributed by atoms with Crippen molar-refractivity contribution in [3.8, 4) is 0 Å². The Morgan fingerprint density at radius 2 is 2.00 bits per heavy atom. The summed E-state index contributed by atoms with van der Waals surface area (Å²) in [5.41, 5.74) is -1.12. The quantitative estimate of drug-likeness (QED) is 0.530. The number of hydrogen-bond donors (Lipinski definition) is 1. The Bertz CT molecular complexity index is 556. The highest BCUT2D eigenvalue weighted by atomic mass is 16.6. The minimum atomic E-state index is -1.62. The molecule has 134 valence electrons. The van der Waals surface area contributed by atoms with Gasteiger partial charge in [-0.2, -0.15) is 0 Å². The number of esters is 2. The molecule has 0 bridgehead atoms. The van der Waals surface area contributed by atoms with Crippen molar-refractivity contribution in [3.05, 3.63) is 11.6 Å². The SMILES string of the molecule is C/C=C1\C[C@H](C)[C@@](C)(O)C(=O)OC[C@H]2CCN3CC[C@@H](OC1=O)C23. The van der Waals surface area contributed by atoms with Gasteiger partial charge in [-0.15, -0.1) is 0 Å². The molecule has 6 heteroatoms. The molecule has 0 aromatic carbocycles. The van der Waals surface area contributed by atoms with Gasteiger partial charge in [-0.05, 0) is 45.6 Å². The Labute approximate surface area is 142 Å². The monoisotopic (exact) mass is 337 g/mol. The van der Waals surface area contributed by atoms with E-state index in [1.807, 2.05) is 0 Å². The molecule has 3 aliphatic heterocycles. The lowest BCUT2D eigenvalue weighted by atomic mass is 9.85. The molecular weight excluding hydrogens is 310 g/mol. The summed E-state index contributed by atoms with van der Waals surface area (Å²) < 4.78 is 11.3. The molecule has 1 unspecified atom stereocenters. The van der Waals surface area contributed by atoms with E-state index in [2.05, 4.69) is 4.90 Å². The van der Waals surface area contributed by atoms with Crippen LogP contribution in [-0.2, 0) is 19.1 Å². The zero-order chi connectivity index (χ0) is 17.5. The van der Waals surface area contributed by atoms with Gasteiger partial charge in [0.1, 0.15) is 6.10 Å². The van der Waals surface area contributed by atoms with E-state index in [0.717, 1.165) is 25.9 Å². The van der Waals surface area contributed by atoms with Gasteiger partial charge in [0.05, 0.1) is 12.6 Å². The molecule has 0 aliphatic carbocycles. The van der Waals surface area contributed by atoms with Gasteiger partial charge in [-0.1, -0.05) is 13.0 Å². The van der Waals surface area contributed by atoms with Crippen LogP contribution in [0.1, 0.15) is 40.0 Å². The van der Waals surface area contributed by atoms with E-state index in [1.165, 1.54) is 6.92 Å². The van der Waals surface area contributed by atoms with Gasteiger partial charge in [0.15, 0.2) is 5.60 Å². The first kappa shape index (κ1) is 17.4. The van der Waals surface area contributed by atoms with Crippen LogP contribution < -0.4 is 0 Å². The second kappa shape index (κ2) is 6.48. The van der Waals surface area contributed by atoms with Crippen molar-refractivity contribution in [2.75, 3.05) is 19.7 Å². The molecule has 3 fully saturated rings. The van der Waals surface area contributed by atoms with E-state index >= 15 is 0 Å². The Kier molecular flexibility index (Phi) is 4.71. The normalized spacial score (nSPS) is 42.9. The summed E-state index contributed by atoms with van der Waals surface area (Å²) in [5, 5.41) is 10.6. The Balaban J connectivity index is 1.89. The first-order chi connectivity index (χ1) is 11.3. The van der Waals surface area contributed by atoms with Crippen LogP contribution in [0.3, 0.4) is 0 Å². The van der Waals surface area contributed by atoms with Crippen molar-refractivity contribution in [1.29, 1.82) is 0 Å². The Hall–Kier alpha value is -1.40. The maximum absolute atomic E-state index is 12.6. The second-order valence-corrected chi connectivity index (χ2v) is 7.47. The van der Waals surface area contributed by atoms with Gasteiger partial charge >= 0.3 is 11.9 Å². The number of cyclic esters (lactones) is 1. The highest BCUT2D eigenvalue weighted by Crippen LogP contribution is 2.36. The van der Waals surface area contributed by atoms with Crippen LogP contribution in [0.5, 0.6) is 0 Å². The number of nitrogens with zero attached hydrogens (tertiary/aromatic N) is 1. The van der Waals surface area contributed by atoms with Gasteiger partial charge in [0, 0.05) is 18.0 Å². The average molecular weight is 337 g/mol. The van der Waals surface area contributed by atoms with Crippen LogP contribution in [-0.4, -0.2) is 59.4 Å². The highest BCUT2D eigenvalue weighted by Gasteiger charge is 2.48. The molecule has 24 heavy (non-hydrogen) atoms. The Morgan fingerprint density at radius 3 is 2.71 bits per heavy atom. The van der Waals surface area contributed by atoms with Gasteiger partial charge in [0.25, 0.3) is 0 Å². The maximum atomic E-state index is 12.6. The van der Waals surface area contributed by atoms with Crippen molar-refractivity contribution in [3.63, 3.8) is 0 Å². The molecule has 0 saturated carbocycles. The van der Waals surface area contributed by atoms with Crippen LogP contribution in [0.2, 0.25) is 0 Å². The summed E-state index contributed by atoms with van der Waals surface area (Å²) in [7, 11) is 0. The number of aliphatic hydroxyl groups is 1. The van der Waals surface area contributed by atoms with Crippen molar-refractivity contribution in [1.82, 2.24) is 4.90 Å². The summed E-state index contributed by atoms with van der Waals surface area (Å²) in [6, 6.07) is 0.113. The van der Waals surface area contributed by atoms with Crippen molar-refractivity contribution in [2.24, 2.45) is 11.8 Å². The molecule has 3 heterocycles. The number of carbonyl (C=O) groups is 2. The number of hydrogen-bond acceptors (Lipinski definition) is 6. The number of carbonyl (C=O) groups excluding carboxylic acids is 2. The van der Waals surface area contributed by atoms with Crippen LogP contribution in [0.25, 0.3) is 0 Å². The van der Waals surface area contributed by atoms with Gasteiger partial charge < -0.3 is 14.6 Å². The highest BCUT2D eigenvalue weighted by molar-refractivity contribution is 5.89. The molecule has 1 N–H and O–H groups in total. The predicted molar refractivity (Wildman–Crippen MR) is 87.1 cm³/mol. The molecule has 0 aromatic rings. The van der Waals surface area contributed by atoms with Gasteiger partial charge in [0.2, 0.25) is 0 Å². The van der Waals surface area contributed by atoms with E-state index in [4.69, 9.17) is 9.47 Å². The fourth-order valence-corrected chi connectivity index (χ4v) is 4.11. The van der Waals surface area contributed by atoms with E-state index in [-0.39, 0.29) is 37.1 Å². The number of allylic oxidation sites excluding steroid dienone is 1. The zero-order valence-corrected chi connectivity index (χ0v) is 14.7. The smallest absolute Gasteiger partial charge is 0.338 e. The third-order valence-electron chi connectivity index (χ3n) is 5.97. The summed E-state index contributed by atoms with van der Waals surface area (Å²) in [6.07, 6.45) is 3.59. The molecule has 6 nitrogen and oxygen atoms in total. The van der Waals surface area contributed by atoms with E-state index < -0.39 is 17.5 Å². The lowest BCUT2D eigenvalue weighted by molar-refractivity contribution is -0.172. The van der Waals surface area contributed by atoms with Gasteiger partial charge in [-0.3, -0.25) is 4.90 Å². The molecule has 3 saturated heterocycles. The molecule has 0 amide bonds. The first-order valence-corrected chi connectivity index (χ1v) is 8.84. The topological polar surface area (TPSA) is 76.1 Å². The summed E-state index contributed by atoms with van der Waals surface area (Å²) in [5.74, 6) is -1.23. The van der Waals surface area contributed by atoms with Crippen LogP contribution >= 0.6 is 0 Å². The molecule has 0 aromatic heterocycles. The zero-order valence-electron chi connectivity index (χ0n) is 14.7. The van der Waals surface area contributed by atoms with E-state index in [9.17, 15) is 14.7 Å². The molecular formula is C18H27NO5. The molecule has 0 radical (unpaired) electrons. The predicted octanol–water partition coefficient (Wildman–Crippen LogP) is 1.27. The largest absolute Gasteiger partial charge is 0.463 e. The molecule has 3 aliphatic rings. The molecule has 5 atom stereocenters.